The maximum absolute atomic E-state index is 2.29. The predicted molar refractivity (Wildman–Crippen MR) is 101 cm³/mol. The summed E-state index contributed by atoms with van der Waals surface area (Å²) in [5.41, 5.74) is 0. The van der Waals surface area contributed by atoms with Crippen molar-refractivity contribution in [1.29, 1.82) is 0 Å². The molecule has 0 N–H and O–H groups in total. The third kappa shape index (κ3) is 9.80. The van der Waals surface area contributed by atoms with Crippen molar-refractivity contribution in [2.75, 3.05) is 52.4 Å². The van der Waals surface area contributed by atoms with Crippen molar-refractivity contribution in [2.45, 2.75) is 68.2 Å². The van der Waals surface area contributed by atoms with E-state index in [4.69, 9.17) is 0 Å². The van der Waals surface area contributed by atoms with Crippen molar-refractivity contribution in [2.24, 2.45) is 0 Å². The number of quaternary nitrogens is 2. The number of hydrogen-bond donors (Lipinski definition) is 0. The van der Waals surface area contributed by atoms with Crippen LogP contribution >= 0.6 is 0 Å². The third-order valence-electron chi connectivity index (χ3n) is 5.42. The zero-order valence-corrected chi connectivity index (χ0v) is 17.2. The van der Waals surface area contributed by atoms with Gasteiger partial charge in [-0.25, -0.2) is 0 Å². The molecule has 0 aliphatic carbocycles. The van der Waals surface area contributed by atoms with E-state index in [1.165, 1.54) is 74.2 Å². The van der Waals surface area contributed by atoms with Crippen LogP contribution in [0.4, 0.5) is 0 Å². The summed E-state index contributed by atoms with van der Waals surface area (Å²) in [6, 6.07) is 0. The molecule has 0 rings (SSSR count). The Hall–Kier alpha value is 0.270. The van der Waals surface area contributed by atoms with Gasteiger partial charge in [-0.1, -0.05) is 13.8 Å². The summed E-state index contributed by atoms with van der Waals surface area (Å²) in [7, 11) is 0. The monoisotopic (exact) mass is 320 g/mol. The maximum Gasteiger partial charge on any atom is 0.0783 e. The van der Waals surface area contributed by atoms with Gasteiger partial charge in [0.2, 0.25) is 0 Å². The van der Waals surface area contributed by atoms with Crippen LogP contribution in [-0.4, -0.2) is 61.3 Å². The van der Waals surface area contributed by atoms with E-state index in [-0.39, 0.29) is 13.5 Å². The molecule has 0 heterocycles. The second-order valence-corrected chi connectivity index (χ2v) is 6.03. The van der Waals surface area contributed by atoms with Gasteiger partial charge in [-0.3, -0.25) is 0 Å². The lowest BCUT2D eigenvalue weighted by Gasteiger charge is -2.35. The summed E-state index contributed by atoms with van der Waals surface area (Å²) in [6.45, 7) is 28.8. The summed E-state index contributed by atoms with van der Waals surface area (Å²) in [5, 5.41) is 0. The summed E-state index contributed by atoms with van der Waals surface area (Å²) in [5.74, 6) is 0. The van der Waals surface area contributed by atoms with Crippen LogP contribution in [0.3, 0.4) is 0 Å². The van der Waals surface area contributed by atoms with Crippen LogP contribution in [0.5, 0.6) is 0 Å². The van der Waals surface area contributed by atoms with Gasteiger partial charge in [0.05, 0.1) is 52.4 Å². The molecule has 0 amide bonds. The summed E-state index contributed by atoms with van der Waals surface area (Å²) >= 11 is 0. The molecule has 0 unspecified atom stereocenters. The Labute approximate surface area is 143 Å². The highest BCUT2D eigenvalue weighted by Crippen LogP contribution is 2.06. The van der Waals surface area contributed by atoms with Crippen molar-refractivity contribution in [1.82, 2.24) is 0 Å². The quantitative estimate of drug-likeness (QED) is 0.518. The van der Waals surface area contributed by atoms with E-state index in [1.807, 2.05) is 0 Å². The van der Waals surface area contributed by atoms with Crippen LogP contribution in [0.15, 0.2) is 0 Å². The van der Waals surface area contributed by atoms with E-state index >= 15 is 0 Å². The van der Waals surface area contributed by atoms with Crippen molar-refractivity contribution < 1.29 is 8.97 Å². The molecule has 0 saturated carbocycles. The molecule has 0 aliphatic heterocycles. The van der Waals surface area contributed by atoms with E-state index in [0.717, 1.165) is 0 Å². The normalized spacial score (nSPS) is 11.4. The highest BCUT2D eigenvalue weighted by molar-refractivity contribution is 7.37. The fourth-order valence-corrected chi connectivity index (χ4v) is 3.24. The maximum atomic E-state index is 2.29. The molecule has 0 saturated heterocycles. The Kier molecular flexibility index (Phi) is 18.9. The van der Waals surface area contributed by atoms with Crippen molar-refractivity contribution >= 4 is 13.5 Å². The van der Waals surface area contributed by atoms with Gasteiger partial charge in [-0.15, -0.1) is 0 Å². The molecule has 0 atom stereocenters. The Morgan fingerprint density at radius 3 is 0.667 bits per heavy atom. The smallest absolute Gasteiger partial charge is 0.0783 e. The van der Waals surface area contributed by atoms with Gasteiger partial charge < -0.3 is 22.5 Å². The molecule has 0 aromatic heterocycles. The lowest BCUT2D eigenvalue weighted by molar-refractivity contribution is -0.923. The lowest BCUT2D eigenvalue weighted by Crippen LogP contribution is -2.47. The first-order chi connectivity index (χ1) is 9.49. The minimum Gasteiger partial charge on any atom is -2.00 e. The topological polar surface area (TPSA) is 0 Å². The van der Waals surface area contributed by atoms with Gasteiger partial charge in [0.1, 0.15) is 0 Å². The minimum absolute atomic E-state index is 0. The summed E-state index contributed by atoms with van der Waals surface area (Å²) < 4.78 is 2.60. The van der Waals surface area contributed by atoms with Crippen molar-refractivity contribution in [3.05, 3.63) is 0 Å². The fraction of sp³-hybridized carbons (Fsp3) is 1.00. The first-order valence-electron chi connectivity index (χ1n) is 9.19. The minimum atomic E-state index is 0. The molecule has 2 nitrogen and oxygen atoms in total. The molecular formula is C18H44N2S. The first kappa shape index (κ1) is 26.2. The van der Waals surface area contributed by atoms with E-state index in [2.05, 4.69) is 55.4 Å². The predicted octanol–water partition coefficient (Wildman–Crippen LogP) is 4.54. The third-order valence-corrected chi connectivity index (χ3v) is 5.42. The van der Waals surface area contributed by atoms with Crippen LogP contribution in [0, 0.1) is 0 Å². The summed E-state index contributed by atoms with van der Waals surface area (Å²) in [4.78, 5) is 0. The van der Waals surface area contributed by atoms with Crippen LogP contribution in [0.2, 0.25) is 0 Å². The van der Waals surface area contributed by atoms with E-state index < -0.39 is 0 Å². The SMILES string of the molecule is CCC[N+](CC)(CC)CC.CCC[N+](CC)(CC)CC.[S-2]. The first-order valence-corrected chi connectivity index (χ1v) is 9.19. The number of hydrogen-bond acceptors (Lipinski definition) is 0. The van der Waals surface area contributed by atoms with Gasteiger partial charge in [-0.05, 0) is 54.4 Å². The Morgan fingerprint density at radius 2 is 0.619 bits per heavy atom. The number of rotatable bonds is 10. The van der Waals surface area contributed by atoms with Crippen LogP contribution in [0.25, 0.3) is 0 Å². The standard InChI is InChI=1S/2C9H22N.S/c2*1-5-9-10(6-2,7-3)8-4;/h2*5-9H2,1-4H3;/q2*+1;-2. The largest absolute Gasteiger partial charge is 2.00 e. The van der Waals surface area contributed by atoms with E-state index in [0.29, 0.717) is 0 Å². The summed E-state index contributed by atoms with van der Waals surface area (Å²) in [6.07, 6.45) is 2.63. The molecular weight excluding hydrogens is 276 g/mol. The Bertz CT molecular complexity index is 161. The van der Waals surface area contributed by atoms with Crippen LogP contribution in [-0.2, 0) is 13.5 Å². The molecule has 0 fully saturated rings. The Morgan fingerprint density at radius 1 is 0.429 bits per heavy atom. The van der Waals surface area contributed by atoms with Gasteiger partial charge >= 0.3 is 0 Å². The van der Waals surface area contributed by atoms with E-state index in [1.54, 1.807) is 0 Å². The zero-order valence-electron chi connectivity index (χ0n) is 16.4. The molecule has 21 heavy (non-hydrogen) atoms. The molecule has 3 heteroatoms. The molecule has 0 aliphatic rings. The average molecular weight is 321 g/mol. The number of nitrogens with zero attached hydrogens (tertiary/aromatic N) is 2. The van der Waals surface area contributed by atoms with Gasteiger partial charge in [0.15, 0.2) is 0 Å². The van der Waals surface area contributed by atoms with Crippen molar-refractivity contribution in [3.8, 4) is 0 Å². The zero-order chi connectivity index (χ0) is 16.1. The molecule has 0 radical (unpaired) electrons. The van der Waals surface area contributed by atoms with Crippen molar-refractivity contribution in [3.63, 3.8) is 0 Å². The second kappa shape index (κ2) is 15.2. The highest BCUT2D eigenvalue weighted by Gasteiger charge is 2.18. The van der Waals surface area contributed by atoms with Gasteiger partial charge in [-0.2, -0.15) is 0 Å². The van der Waals surface area contributed by atoms with Gasteiger partial charge in [0.25, 0.3) is 0 Å². The molecule has 0 aromatic carbocycles. The molecule has 0 bridgehead atoms. The fourth-order valence-electron chi connectivity index (χ4n) is 3.24. The van der Waals surface area contributed by atoms with E-state index in [9.17, 15) is 0 Å². The van der Waals surface area contributed by atoms with Crippen LogP contribution < -0.4 is 0 Å². The highest BCUT2D eigenvalue weighted by atomic mass is 32.1. The molecule has 0 aromatic rings. The van der Waals surface area contributed by atoms with Crippen LogP contribution in [0.1, 0.15) is 68.2 Å². The molecule has 132 valence electrons. The lowest BCUT2D eigenvalue weighted by atomic mass is 10.3. The van der Waals surface area contributed by atoms with Gasteiger partial charge in [0, 0.05) is 0 Å². The Balaban J connectivity index is -0.000000295. The molecule has 0 spiro atoms. The second-order valence-electron chi connectivity index (χ2n) is 6.03. The average Bonchev–Trinajstić information content (AvgIpc) is 2.51.